The van der Waals surface area contributed by atoms with Gasteiger partial charge < -0.3 is 15.0 Å². The van der Waals surface area contributed by atoms with Crippen LogP contribution in [-0.2, 0) is 16.0 Å². The second kappa shape index (κ2) is 8.67. The van der Waals surface area contributed by atoms with Crippen LogP contribution in [0.5, 0.6) is 0 Å². The second-order valence-electron chi connectivity index (χ2n) is 4.69. The van der Waals surface area contributed by atoms with Crippen molar-refractivity contribution in [2.45, 2.75) is 18.9 Å². The molecule has 0 aliphatic rings. The number of esters is 1. The summed E-state index contributed by atoms with van der Waals surface area (Å²) in [6.07, 6.45) is 1.79. The number of nitrogens with one attached hydrogen (secondary N) is 1. The van der Waals surface area contributed by atoms with E-state index in [0.29, 0.717) is 0 Å². The van der Waals surface area contributed by atoms with Gasteiger partial charge in [0.1, 0.15) is 6.04 Å². The summed E-state index contributed by atoms with van der Waals surface area (Å²) in [5.41, 5.74) is 1.34. The van der Waals surface area contributed by atoms with E-state index in [1.807, 2.05) is 6.07 Å². The molecule has 0 fully saturated rings. The molecule has 0 bridgehead atoms. The van der Waals surface area contributed by atoms with Crippen LogP contribution in [0.4, 0.5) is 0 Å². The van der Waals surface area contributed by atoms with Gasteiger partial charge in [-0.3, -0.25) is 4.79 Å². The zero-order valence-electron chi connectivity index (χ0n) is 12.1. The number of ether oxygens (including phenoxy) is 1. The number of carbonyl (C=O) groups excluding carboxylic acids is 1. The van der Waals surface area contributed by atoms with Crippen molar-refractivity contribution in [3.63, 3.8) is 0 Å². The fraction of sp³-hybridized carbons (Fsp3) is 0.533. The Morgan fingerprint density at radius 3 is 2.58 bits per heavy atom. The Kier molecular flexibility index (Phi) is 7.15. The first-order chi connectivity index (χ1) is 9.17. The van der Waals surface area contributed by atoms with Crippen molar-refractivity contribution in [1.82, 2.24) is 10.2 Å². The predicted molar refractivity (Wildman–Crippen MR) is 77.1 cm³/mol. The van der Waals surface area contributed by atoms with Gasteiger partial charge in [0.05, 0.1) is 7.11 Å². The molecule has 0 spiro atoms. The third-order valence-corrected chi connectivity index (χ3v) is 3.26. The van der Waals surface area contributed by atoms with Gasteiger partial charge in [-0.1, -0.05) is 30.3 Å². The molecule has 0 radical (unpaired) electrons. The summed E-state index contributed by atoms with van der Waals surface area (Å²) in [4.78, 5) is 13.7. The normalized spacial score (nSPS) is 12.4. The molecule has 0 heterocycles. The monoisotopic (exact) mass is 264 g/mol. The van der Waals surface area contributed by atoms with Crippen molar-refractivity contribution < 1.29 is 9.53 Å². The number of nitrogens with zero attached hydrogens (tertiary/aromatic N) is 1. The molecule has 0 saturated carbocycles. The van der Waals surface area contributed by atoms with Crippen molar-refractivity contribution in [3.05, 3.63) is 35.9 Å². The molecule has 0 saturated heterocycles. The smallest absolute Gasteiger partial charge is 0.322 e. The minimum absolute atomic E-state index is 0.195. The maximum Gasteiger partial charge on any atom is 0.322 e. The zero-order valence-corrected chi connectivity index (χ0v) is 12.1. The molecule has 106 valence electrons. The van der Waals surface area contributed by atoms with Crippen LogP contribution in [-0.4, -0.2) is 51.2 Å². The van der Waals surface area contributed by atoms with Crippen LogP contribution in [0.15, 0.2) is 30.3 Å². The summed E-state index contributed by atoms with van der Waals surface area (Å²) in [5.74, 6) is -0.195. The van der Waals surface area contributed by atoms with Crippen LogP contribution >= 0.6 is 0 Å². The van der Waals surface area contributed by atoms with Crippen molar-refractivity contribution in [2.24, 2.45) is 0 Å². The Bertz CT molecular complexity index is 368. The lowest BCUT2D eigenvalue weighted by Crippen LogP contribution is -2.38. The van der Waals surface area contributed by atoms with Gasteiger partial charge in [-0.05, 0) is 39.0 Å². The molecule has 0 amide bonds. The molecular formula is C15H24N2O2. The highest BCUT2D eigenvalue weighted by atomic mass is 16.5. The summed E-state index contributed by atoms with van der Waals surface area (Å²) >= 11 is 0. The van der Waals surface area contributed by atoms with Crippen LogP contribution in [0, 0.1) is 0 Å². The molecule has 4 nitrogen and oxygen atoms in total. The van der Waals surface area contributed by atoms with Gasteiger partial charge in [-0.2, -0.15) is 0 Å². The van der Waals surface area contributed by atoms with E-state index in [1.165, 1.54) is 12.7 Å². The van der Waals surface area contributed by atoms with Gasteiger partial charge in [0.25, 0.3) is 0 Å². The predicted octanol–water partition coefficient (Wildman–Crippen LogP) is 1.31. The lowest BCUT2D eigenvalue weighted by molar-refractivity contribution is -0.143. The lowest BCUT2D eigenvalue weighted by atomic mass is 10.1. The number of benzene rings is 1. The Morgan fingerprint density at radius 1 is 1.32 bits per heavy atom. The summed E-state index contributed by atoms with van der Waals surface area (Å²) in [6.45, 7) is 1.86. The van der Waals surface area contributed by atoms with Crippen LogP contribution < -0.4 is 5.32 Å². The van der Waals surface area contributed by atoms with E-state index >= 15 is 0 Å². The topological polar surface area (TPSA) is 41.6 Å². The van der Waals surface area contributed by atoms with Crippen molar-refractivity contribution >= 4 is 5.97 Å². The Balaban J connectivity index is 2.27. The van der Waals surface area contributed by atoms with Crippen molar-refractivity contribution in [1.29, 1.82) is 0 Å². The Labute approximate surface area is 115 Å². The first kappa shape index (κ1) is 15.7. The highest BCUT2D eigenvalue weighted by Crippen LogP contribution is 2.02. The quantitative estimate of drug-likeness (QED) is 0.719. The van der Waals surface area contributed by atoms with Gasteiger partial charge in [-0.25, -0.2) is 0 Å². The molecule has 1 N–H and O–H groups in total. The molecule has 0 aliphatic carbocycles. The van der Waals surface area contributed by atoms with E-state index in [9.17, 15) is 4.79 Å². The largest absolute Gasteiger partial charge is 0.468 e. The summed E-state index contributed by atoms with van der Waals surface area (Å²) in [5, 5.41) is 2.98. The maximum absolute atomic E-state index is 11.4. The van der Waals surface area contributed by atoms with E-state index in [-0.39, 0.29) is 12.0 Å². The molecule has 0 aromatic heterocycles. The number of methoxy groups -OCH3 is 1. The molecule has 1 unspecified atom stereocenters. The molecule has 1 aromatic carbocycles. The summed E-state index contributed by atoms with van der Waals surface area (Å²) in [7, 11) is 5.28. The molecule has 1 aromatic rings. The summed E-state index contributed by atoms with van der Waals surface area (Å²) < 4.78 is 4.74. The highest BCUT2D eigenvalue weighted by molar-refractivity contribution is 5.75. The fourth-order valence-electron chi connectivity index (χ4n) is 1.95. The molecule has 1 atom stereocenters. The van der Waals surface area contributed by atoms with E-state index in [1.54, 1.807) is 7.05 Å². The first-order valence-corrected chi connectivity index (χ1v) is 6.65. The second-order valence-corrected chi connectivity index (χ2v) is 4.69. The van der Waals surface area contributed by atoms with Crippen LogP contribution in [0.2, 0.25) is 0 Å². The van der Waals surface area contributed by atoms with Gasteiger partial charge in [-0.15, -0.1) is 0 Å². The Morgan fingerprint density at radius 2 is 2.00 bits per heavy atom. The minimum Gasteiger partial charge on any atom is -0.468 e. The first-order valence-electron chi connectivity index (χ1n) is 6.65. The van der Waals surface area contributed by atoms with E-state index < -0.39 is 0 Å². The average Bonchev–Trinajstić information content (AvgIpc) is 2.46. The van der Waals surface area contributed by atoms with E-state index in [0.717, 1.165) is 25.9 Å². The molecule has 19 heavy (non-hydrogen) atoms. The van der Waals surface area contributed by atoms with Crippen LogP contribution in [0.25, 0.3) is 0 Å². The van der Waals surface area contributed by atoms with Gasteiger partial charge in [0.15, 0.2) is 0 Å². The zero-order chi connectivity index (χ0) is 14.1. The van der Waals surface area contributed by atoms with E-state index in [4.69, 9.17) is 4.74 Å². The molecular weight excluding hydrogens is 240 g/mol. The Hall–Kier alpha value is -1.39. The molecule has 4 heteroatoms. The molecule has 0 aliphatic heterocycles. The van der Waals surface area contributed by atoms with E-state index in [2.05, 4.69) is 41.5 Å². The number of carbonyl (C=O) groups is 1. The van der Waals surface area contributed by atoms with Crippen LogP contribution in [0.3, 0.4) is 0 Å². The van der Waals surface area contributed by atoms with Gasteiger partial charge in [0, 0.05) is 6.54 Å². The van der Waals surface area contributed by atoms with Crippen LogP contribution in [0.1, 0.15) is 12.0 Å². The lowest BCUT2D eigenvalue weighted by Gasteiger charge is -2.20. The fourth-order valence-corrected chi connectivity index (χ4v) is 1.95. The van der Waals surface area contributed by atoms with Crippen molar-refractivity contribution in [3.8, 4) is 0 Å². The number of hydrogen-bond donors (Lipinski definition) is 1. The number of rotatable bonds is 8. The third-order valence-electron chi connectivity index (χ3n) is 3.26. The third kappa shape index (κ3) is 5.85. The van der Waals surface area contributed by atoms with Crippen molar-refractivity contribution in [2.75, 3.05) is 34.3 Å². The maximum atomic E-state index is 11.4. The number of likely N-dealkylation sites (N-methyl/N-ethyl adjacent to an activating group) is 2. The average molecular weight is 264 g/mol. The van der Waals surface area contributed by atoms with Gasteiger partial charge in [0.2, 0.25) is 0 Å². The summed E-state index contributed by atoms with van der Waals surface area (Å²) in [6, 6.07) is 10.2. The minimum atomic E-state index is -0.218. The van der Waals surface area contributed by atoms with Gasteiger partial charge >= 0.3 is 5.97 Å². The number of hydrogen-bond acceptors (Lipinski definition) is 4. The highest BCUT2D eigenvalue weighted by Gasteiger charge is 2.16. The standard InChI is InChI=1S/C15H24N2O2/c1-16-14(15(18)19-3)10-12-17(2)11-9-13-7-5-4-6-8-13/h4-8,14,16H,9-12H2,1-3H3. The molecule has 1 rings (SSSR count). The SMILES string of the molecule is CNC(CCN(C)CCc1ccccc1)C(=O)OC.